The van der Waals surface area contributed by atoms with Crippen LogP contribution in [0.2, 0.25) is 0 Å². The average molecular weight is 361 g/mol. The van der Waals surface area contributed by atoms with E-state index < -0.39 is 0 Å². The standard InChI is InChI=1S/C22H21N2O3/c25-21-19-17-8-9-18(27-17)20(19)22(26)24(21)14-16-7-4-11-23(13-16)12-10-15-5-2-1-3-6-15/h1-9,11,13,17-20H,10,12,14H2/q+1/t17-,18+,19-,20+. The maximum absolute atomic E-state index is 12.8. The normalized spacial score (nSPS) is 28.2. The highest BCUT2D eigenvalue weighted by atomic mass is 16.5. The first-order valence-corrected chi connectivity index (χ1v) is 9.41. The van der Waals surface area contributed by atoms with Gasteiger partial charge in [-0.3, -0.25) is 14.5 Å². The molecule has 5 rings (SSSR count). The molecule has 1 aromatic carbocycles. The van der Waals surface area contributed by atoms with Gasteiger partial charge in [0.05, 0.1) is 30.6 Å². The lowest BCUT2D eigenvalue weighted by atomic mass is 9.85. The third kappa shape index (κ3) is 2.79. The van der Waals surface area contributed by atoms with E-state index in [1.807, 2.05) is 54.9 Å². The van der Waals surface area contributed by atoms with Gasteiger partial charge in [0, 0.05) is 18.1 Å². The van der Waals surface area contributed by atoms with Crippen molar-refractivity contribution in [2.24, 2.45) is 11.8 Å². The summed E-state index contributed by atoms with van der Waals surface area (Å²) in [5.41, 5.74) is 2.25. The molecule has 3 aliphatic heterocycles. The predicted molar refractivity (Wildman–Crippen MR) is 97.1 cm³/mol. The van der Waals surface area contributed by atoms with Crippen molar-refractivity contribution in [1.82, 2.24) is 4.90 Å². The number of carbonyl (C=O) groups excluding carboxylic acids is 2. The van der Waals surface area contributed by atoms with Crippen molar-refractivity contribution in [1.29, 1.82) is 0 Å². The zero-order valence-electron chi connectivity index (χ0n) is 14.9. The smallest absolute Gasteiger partial charge is 0.236 e. The van der Waals surface area contributed by atoms with E-state index in [4.69, 9.17) is 4.74 Å². The average Bonchev–Trinajstić information content (AvgIpc) is 3.38. The molecule has 0 radical (unpaired) electrons. The fourth-order valence-corrected chi connectivity index (χ4v) is 4.42. The summed E-state index contributed by atoms with van der Waals surface area (Å²) in [6, 6.07) is 14.3. The number of amides is 2. The van der Waals surface area contributed by atoms with E-state index in [1.165, 1.54) is 10.5 Å². The van der Waals surface area contributed by atoms with Gasteiger partial charge in [-0.1, -0.05) is 42.5 Å². The second-order valence-corrected chi connectivity index (χ2v) is 7.45. The van der Waals surface area contributed by atoms with Gasteiger partial charge in [-0.05, 0) is 11.6 Å². The largest absolute Gasteiger partial charge is 0.365 e. The molecule has 0 saturated carbocycles. The first-order valence-electron chi connectivity index (χ1n) is 9.41. The van der Waals surface area contributed by atoms with Crippen LogP contribution in [0, 0.1) is 11.8 Å². The highest BCUT2D eigenvalue weighted by molar-refractivity contribution is 6.06. The van der Waals surface area contributed by atoms with E-state index in [0.717, 1.165) is 18.5 Å². The van der Waals surface area contributed by atoms with Crippen LogP contribution < -0.4 is 4.57 Å². The van der Waals surface area contributed by atoms with Crippen molar-refractivity contribution in [2.75, 3.05) is 0 Å². The number of imide groups is 1. The van der Waals surface area contributed by atoms with E-state index in [1.54, 1.807) is 0 Å². The Kier molecular flexibility index (Phi) is 3.90. The van der Waals surface area contributed by atoms with Gasteiger partial charge in [-0.2, -0.15) is 0 Å². The number of likely N-dealkylation sites (tertiary alicyclic amines) is 1. The SMILES string of the molecule is O=C1[C@@H]2[C@H](C(=O)N1Cc1ccc[n+](CCc3ccccc3)c1)[C@H]1C=C[C@@H]2O1. The molecule has 27 heavy (non-hydrogen) atoms. The van der Waals surface area contributed by atoms with Gasteiger partial charge >= 0.3 is 0 Å². The molecule has 5 nitrogen and oxygen atoms in total. The predicted octanol–water partition coefficient (Wildman–Crippen LogP) is 1.66. The summed E-state index contributed by atoms with van der Waals surface area (Å²) in [7, 11) is 0. The van der Waals surface area contributed by atoms with Crippen molar-refractivity contribution in [2.45, 2.75) is 31.7 Å². The van der Waals surface area contributed by atoms with Crippen LogP contribution >= 0.6 is 0 Å². The number of carbonyl (C=O) groups is 2. The maximum atomic E-state index is 12.8. The fraction of sp³-hybridized carbons (Fsp3) is 0.318. The lowest BCUT2D eigenvalue weighted by Crippen LogP contribution is -2.37. The first-order chi connectivity index (χ1) is 13.2. The molecular formula is C22H21N2O3+. The van der Waals surface area contributed by atoms with E-state index in [-0.39, 0.29) is 35.9 Å². The van der Waals surface area contributed by atoms with Crippen LogP contribution in [0.5, 0.6) is 0 Å². The third-order valence-corrected chi connectivity index (χ3v) is 5.76. The quantitative estimate of drug-likeness (QED) is 0.462. The molecule has 4 atom stereocenters. The van der Waals surface area contributed by atoms with Crippen LogP contribution in [0.1, 0.15) is 11.1 Å². The Morgan fingerprint density at radius 2 is 1.56 bits per heavy atom. The lowest BCUT2D eigenvalue weighted by Gasteiger charge is -2.17. The molecule has 2 fully saturated rings. The summed E-state index contributed by atoms with van der Waals surface area (Å²) in [5, 5.41) is 0. The molecule has 2 saturated heterocycles. The van der Waals surface area contributed by atoms with Crippen LogP contribution in [0.3, 0.4) is 0 Å². The van der Waals surface area contributed by atoms with Gasteiger partial charge in [0.2, 0.25) is 11.8 Å². The Hall–Kier alpha value is -2.79. The van der Waals surface area contributed by atoms with Crippen molar-refractivity contribution in [3.8, 4) is 0 Å². The van der Waals surface area contributed by atoms with Crippen LogP contribution in [0.15, 0.2) is 67.0 Å². The summed E-state index contributed by atoms with van der Waals surface area (Å²) in [6.45, 7) is 1.18. The molecule has 0 aliphatic carbocycles. The molecule has 0 unspecified atom stereocenters. The number of benzene rings is 1. The Labute approximate surface area is 157 Å². The van der Waals surface area contributed by atoms with E-state index in [0.29, 0.717) is 6.54 Å². The van der Waals surface area contributed by atoms with Crippen LogP contribution in [-0.2, 0) is 33.8 Å². The Morgan fingerprint density at radius 1 is 0.889 bits per heavy atom. The number of nitrogens with zero attached hydrogens (tertiary/aromatic N) is 2. The topological polar surface area (TPSA) is 50.5 Å². The summed E-state index contributed by atoms with van der Waals surface area (Å²) in [5.74, 6) is -0.856. The first kappa shape index (κ1) is 16.4. The summed E-state index contributed by atoms with van der Waals surface area (Å²) < 4.78 is 7.80. The van der Waals surface area contributed by atoms with Gasteiger partial charge in [0.15, 0.2) is 18.9 Å². The van der Waals surface area contributed by atoms with Crippen LogP contribution in [0.4, 0.5) is 0 Å². The number of aromatic nitrogens is 1. The van der Waals surface area contributed by atoms with Crippen molar-refractivity contribution in [3.05, 3.63) is 78.1 Å². The van der Waals surface area contributed by atoms with Gasteiger partial charge in [-0.15, -0.1) is 0 Å². The number of hydrogen-bond donors (Lipinski definition) is 0. The van der Waals surface area contributed by atoms with E-state index in [2.05, 4.69) is 16.7 Å². The van der Waals surface area contributed by atoms with Gasteiger partial charge in [0.25, 0.3) is 0 Å². The number of hydrogen-bond acceptors (Lipinski definition) is 3. The Bertz CT molecular complexity index is 894. The Balaban J connectivity index is 1.29. The maximum Gasteiger partial charge on any atom is 0.236 e. The summed E-state index contributed by atoms with van der Waals surface area (Å²) in [4.78, 5) is 27.0. The molecule has 5 heteroatoms. The summed E-state index contributed by atoms with van der Waals surface area (Å²) >= 11 is 0. The number of rotatable bonds is 5. The number of pyridine rings is 1. The minimum Gasteiger partial charge on any atom is -0.365 e. The molecule has 136 valence electrons. The van der Waals surface area contributed by atoms with Crippen molar-refractivity contribution < 1.29 is 18.9 Å². The monoisotopic (exact) mass is 361 g/mol. The molecular weight excluding hydrogens is 340 g/mol. The lowest BCUT2D eigenvalue weighted by molar-refractivity contribution is -0.696. The number of fused-ring (bicyclic) bond motifs is 5. The molecule has 1 aromatic heterocycles. The fourth-order valence-electron chi connectivity index (χ4n) is 4.42. The van der Waals surface area contributed by atoms with Crippen LogP contribution in [0.25, 0.3) is 0 Å². The van der Waals surface area contributed by atoms with Gasteiger partial charge in [0.1, 0.15) is 0 Å². The minimum atomic E-state index is -0.332. The third-order valence-electron chi connectivity index (χ3n) is 5.76. The second kappa shape index (κ2) is 6.43. The molecule has 2 amide bonds. The van der Waals surface area contributed by atoms with Crippen molar-refractivity contribution >= 4 is 11.8 Å². The molecule has 0 N–H and O–H groups in total. The van der Waals surface area contributed by atoms with E-state index in [9.17, 15) is 9.59 Å². The number of ether oxygens (including phenoxy) is 1. The summed E-state index contributed by atoms with van der Waals surface area (Å²) in [6.07, 6.45) is 8.36. The van der Waals surface area contributed by atoms with Crippen molar-refractivity contribution in [3.63, 3.8) is 0 Å². The molecule has 3 aliphatic rings. The molecule has 4 heterocycles. The minimum absolute atomic E-state index is 0.0958. The van der Waals surface area contributed by atoms with E-state index >= 15 is 0 Å². The highest BCUT2D eigenvalue weighted by Gasteiger charge is 2.60. The van der Waals surface area contributed by atoms with Crippen LogP contribution in [-0.4, -0.2) is 28.9 Å². The Morgan fingerprint density at radius 3 is 2.26 bits per heavy atom. The van der Waals surface area contributed by atoms with Gasteiger partial charge in [-0.25, -0.2) is 4.57 Å². The number of aryl methyl sites for hydroxylation is 2. The van der Waals surface area contributed by atoms with Gasteiger partial charge < -0.3 is 4.74 Å². The molecule has 2 bridgehead atoms. The zero-order valence-corrected chi connectivity index (χ0v) is 14.9. The molecule has 2 aromatic rings. The molecule has 0 spiro atoms. The second-order valence-electron chi connectivity index (χ2n) is 7.45. The highest BCUT2D eigenvalue weighted by Crippen LogP contribution is 2.45. The zero-order chi connectivity index (χ0) is 18.4.